The van der Waals surface area contributed by atoms with Gasteiger partial charge in [-0.2, -0.15) is 18.3 Å². The van der Waals surface area contributed by atoms with Crippen molar-refractivity contribution in [2.24, 2.45) is 7.05 Å². The fourth-order valence-corrected chi connectivity index (χ4v) is 3.90. The van der Waals surface area contributed by atoms with Crippen LogP contribution in [0.4, 0.5) is 17.6 Å². The number of aliphatic hydroxyl groups is 1. The predicted octanol–water partition coefficient (Wildman–Crippen LogP) is 3.41. The number of imidazole rings is 1. The Bertz CT molecular complexity index is 1160. The summed E-state index contributed by atoms with van der Waals surface area (Å²) in [6.45, 7) is 2.48. The number of aryl methyl sites for hydroxylation is 1. The molecule has 1 unspecified atom stereocenters. The third kappa shape index (κ3) is 3.56. The Labute approximate surface area is 180 Å². The van der Waals surface area contributed by atoms with Gasteiger partial charge in [-0.15, -0.1) is 0 Å². The highest BCUT2D eigenvalue weighted by Gasteiger charge is 2.55. The lowest BCUT2D eigenvalue weighted by Crippen LogP contribution is -2.45. The smallest absolute Gasteiger partial charge is 0.374 e. The molecule has 1 aromatic carbocycles. The molecule has 0 saturated carbocycles. The minimum atomic E-state index is -4.90. The number of hydrogen-bond acceptors (Lipinski definition) is 4. The molecule has 1 aliphatic rings. The maximum atomic E-state index is 13.3. The maximum Gasteiger partial charge on any atom is 0.424 e. The fraction of sp³-hybridized carbons (Fsp3) is 0.381. The van der Waals surface area contributed by atoms with Gasteiger partial charge in [0.1, 0.15) is 11.5 Å². The minimum Gasteiger partial charge on any atom is -0.374 e. The molecule has 2 atom stereocenters. The standard InChI is InChI=1S/C21H21F4N5O2/c1-12-10-29(11-15-9-26-19(30(12)15)20(2,32)21(23,24)25)18(31)17-8-16(27-28(17)3)13-4-6-14(22)7-5-13/h4-9,12,32H,10-11H2,1-3H3/t12-,20?/m0/s1. The molecular formula is C21H21F4N5O2. The number of nitrogens with zero attached hydrogens (tertiary/aromatic N) is 5. The zero-order valence-corrected chi connectivity index (χ0v) is 17.6. The fourth-order valence-electron chi connectivity index (χ4n) is 3.90. The number of carbonyl (C=O) groups is 1. The van der Waals surface area contributed by atoms with Crippen molar-refractivity contribution in [1.29, 1.82) is 0 Å². The molecule has 0 bridgehead atoms. The van der Waals surface area contributed by atoms with Gasteiger partial charge in [-0.1, -0.05) is 0 Å². The second kappa shape index (κ2) is 7.44. The molecule has 1 amide bonds. The molecule has 7 nitrogen and oxygen atoms in total. The highest BCUT2D eigenvalue weighted by molar-refractivity contribution is 5.93. The third-order valence-corrected chi connectivity index (χ3v) is 5.67. The summed E-state index contributed by atoms with van der Waals surface area (Å²) in [6.07, 6.45) is -3.65. The number of carbonyl (C=O) groups excluding carboxylic acids is 1. The Balaban J connectivity index is 1.62. The number of fused-ring (bicyclic) bond motifs is 1. The van der Waals surface area contributed by atoms with Crippen LogP contribution in [0.3, 0.4) is 0 Å². The first-order valence-corrected chi connectivity index (χ1v) is 9.85. The van der Waals surface area contributed by atoms with E-state index in [1.165, 1.54) is 32.5 Å². The van der Waals surface area contributed by atoms with E-state index in [1.807, 2.05) is 0 Å². The van der Waals surface area contributed by atoms with Gasteiger partial charge in [-0.3, -0.25) is 9.48 Å². The van der Waals surface area contributed by atoms with Gasteiger partial charge in [0.2, 0.25) is 5.60 Å². The predicted molar refractivity (Wildman–Crippen MR) is 106 cm³/mol. The van der Waals surface area contributed by atoms with Crippen molar-refractivity contribution in [3.05, 3.63) is 59.6 Å². The first-order valence-electron chi connectivity index (χ1n) is 9.85. The monoisotopic (exact) mass is 451 g/mol. The lowest BCUT2D eigenvalue weighted by atomic mass is 10.0. The topological polar surface area (TPSA) is 76.2 Å². The number of benzene rings is 1. The summed E-state index contributed by atoms with van der Waals surface area (Å²) in [5, 5.41) is 14.4. The van der Waals surface area contributed by atoms with Crippen LogP contribution in [0.2, 0.25) is 0 Å². The van der Waals surface area contributed by atoms with Crippen molar-refractivity contribution in [2.75, 3.05) is 6.54 Å². The summed E-state index contributed by atoms with van der Waals surface area (Å²) in [5.74, 6) is -1.24. The molecule has 3 heterocycles. The summed E-state index contributed by atoms with van der Waals surface area (Å²) < 4.78 is 55.9. The van der Waals surface area contributed by atoms with Gasteiger partial charge in [-0.05, 0) is 44.2 Å². The SMILES string of the molecule is C[C@H]1CN(C(=O)c2cc(-c3ccc(F)cc3)nn2C)Cc2cnc(C(C)(O)C(F)(F)F)n21. The van der Waals surface area contributed by atoms with Crippen LogP contribution < -0.4 is 0 Å². The van der Waals surface area contributed by atoms with Crippen molar-refractivity contribution in [3.8, 4) is 11.3 Å². The molecule has 3 aromatic rings. The van der Waals surface area contributed by atoms with Crippen molar-refractivity contribution in [1.82, 2.24) is 24.2 Å². The molecule has 1 N–H and O–H groups in total. The van der Waals surface area contributed by atoms with E-state index in [0.29, 0.717) is 23.9 Å². The lowest BCUT2D eigenvalue weighted by Gasteiger charge is -2.36. The molecule has 2 aromatic heterocycles. The molecule has 11 heteroatoms. The van der Waals surface area contributed by atoms with Crippen LogP contribution in [0.15, 0.2) is 36.5 Å². The van der Waals surface area contributed by atoms with E-state index in [2.05, 4.69) is 10.1 Å². The molecule has 4 rings (SSSR count). The average molecular weight is 451 g/mol. The Morgan fingerprint density at radius 1 is 1.22 bits per heavy atom. The molecule has 0 spiro atoms. The van der Waals surface area contributed by atoms with Crippen molar-refractivity contribution >= 4 is 5.91 Å². The van der Waals surface area contributed by atoms with Crippen LogP contribution in [-0.2, 0) is 19.2 Å². The second-order valence-electron chi connectivity index (χ2n) is 8.09. The van der Waals surface area contributed by atoms with Gasteiger partial charge in [-0.25, -0.2) is 9.37 Å². The molecule has 0 aliphatic carbocycles. The molecule has 1 aliphatic heterocycles. The summed E-state index contributed by atoms with van der Waals surface area (Å²) in [4.78, 5) is 18.5. The van der Waals surface area contributed by atoms with Gasteiger partial charge >= 0.3 is 6.18 Å². The number of alkyl halides is 3. The van der Waals surface area contributed by atoms with Gasteiger partial charge in [0, 0.05) is 19.2 Å². The summed E-state index contributed by atoms with van der Waals surface area (Å²) >= 11 is 0. The van der Waals surface area contributed by atoms with Crippen LogP contribution in [0.1, 0.15) is 41.9 Å². The molecule has 0 fully saturated rings. The first kappa shape index (κ1) is 22.0. The van der Waals surface area contributed by atoms with Crippen molar-refractivity contribution in [3.63, 3.8) is 0 Å². The van der Waals surface area contributed by atoms with Crippen LogP contribution in [-0.4, -0.2) is 48.0 Å². The van der Waals surface area contributed by atoms with Gasteiger partial charge < -0.3 is 14.6 Å². The zero-order valence-electron chi connectivity index (χ0n) is 17.6. The van der Waals surface area contributed by atoms with Crippen LogP contribution in [0, 0.1) is 5.82 Å². The normalized spacial score (nSPS) is 18.4. The van der Waals surface area contributed by atoms with Crippen molar-refractivity contribution < 1.29 is 27.5 Å². The minimum absolute atomic E-state index is 0.0289. The summed E-state index contributed by atoms with van der Waals surface area (Å²) in [5.41, 5.74) is -1.30. The van der Waals surface area contributed by atoms with E-state index in [-0.39, 0.29) is 30.5 Å². The van der Waals surface area contributed by atoms with Crippen molar-refractivity contribution in [2.45, 2.75) is 38.2 Å². The van der Waals surface area contributed by atoms with E-state index in [9.17, 15) is 27.5 Å². The van der Waals surface area contributed by atoms with E-state index < -0.39 is 23.6 Å². The van der Waals surface area contributed by atoms with E-state index in [1.54, 1.807) is 32.2 Å². The number of hydrogen-bond donors (Lipinski definition) is 1. The van der Waals surface area contributed by atoms with Crippen LogP contribution >= 0.6 is 0 Å². The lowest BCUT2D eigenvalue weighted by molar-refractivity contribution is -0.263. The van der Waals surface area contributed by atoms with Gasteiger partial charge in [0.15, 0.2) is 5.82 Å². The average Bonchev–Trinajstić information content (AvgIpc) is 3.31. The van der Waals surface area contributed by atoms with Crippen LogP contribution in [0.25, 0.3) is 11.3 Å². The Hall–Kier alpha value is -3.21. The molecule has 0 radical (unpaired) electrons. The number of halogens is 4. The highest BCUT2D eigenvalue weighted by Crippen LogP contribution is 2.40. The number of amides is 1. The van der Waals surface area contributed by atoms with Gasteiger partial charge in [0.05, 0.1) is 30.2 Å². The molecule has 170 valence electrons. The number of rotatable bonds is 3. The van der Waals surface area contributed by atoms with E-state index in [0.717, 1.165) is 0 Å². The second-order valence-corrected chi connectivity index (χ2v) is 8.09. The third-order valence-electron chi connectivity index (χ3n) is 5.67. The molecular weight excluding hydrogens is 430 g/mol. The Morgan fingerprint density at radius 3 is 2.50 bits per heavy atom. The quantitative estimate of drug-likeness (QED) is 0.620. The first-order chi connectivity index (χ1) is 14.9. The number of aromatic nitrogens is 4. The molecule has 32 heavy (non-hydrogen) atoms. The Kier molecular flexibility index (Phi) is 5.11. The van der Waals surface area contributed by atoms with Crippen LogP contribution in [0.5, 0.6) is 0 Å². The largest absolute Gasteiger partial charge is 0.424 e. The maximum absolute atomic E-state index is 13.3. The zero-order chi connectivity index (χ0) is 23.4. The van der Waals surface area contributed by atoms with Gasteiger partial charge in [0.25, 0.3) is 5.91 Å². The summed E-state index contributed by atoms with van der Waals surface area (Å²) in [7, 11) is 1.61. The van der Waals surface area contributed by atoms with E-state index in [4.69, 9.17) is 0 Å². The summed E-state index contributed by atoms with van der Waals surface area (Å²) in [6, 6.07) is 6.76. The highest BCUT2D eigenvalue weighted by atomic mass is 19.4. The molecule has 0 saturated heterocycles. The Morgan fingerprint density at radius 2 is 1.88 bits per heavy atom. The van der Waals surface area contributed by atoms with E-state index >= 15 is 0 Å².